The van der Waals surface area contributed by atoms with Crippen LogP contribution in [0, 0.1) is 5.92 Å². The van der Waals surface area contributed by atoms with Crippen molar-refractivity contribution in [2.24, 2.45) is 5.92 Å². The molecule has 0 aromatic heterocycles. The molecule has 148 valence electrons. The largest absolute Gasteiger partial charge is 0.466 e. The van der Waals surface area contributed by atoms with Gasteiger partial charge >= 0.3 is 6.03 Å². The maximum absolute atomic E-state index is 13.1. The molecule has 1 aromatic rings. The summed E-state index contributed by atoms with van der Waals surface area (Å²) in [5, 5.41) is 7.69. The highest BCUT2D eigenvalue weighted by Gasteiger charge is 2.52. The first-order chi connectivity index (χ1) is 13.2. The third-order valence-electron chi connectivity index (χ3n) is 5.96. The summed E-state index contributed by atoms with van der Waals surface area (Å²) in [5.41, 5.74) is -2.09. The molecular formula is C19H22N4O5. The molecule has 5 amide bonds. The van der Waals surface area contributed by atoms with E-state index in [2.05, 4.69) is 16.0 Å². The van der Waals surface area contributed by atoms with Gasteiger partial charge in [0.1, 0.15) is 11.3 Å². The highest BCUT2D eigenvalue weighted by atomic mass is 16.5. The van der Waals surface area contributed by atoms with Gasteiger partial charge in [0.2, 0.25) is 0 Å². The smallest absolute Gasteiger partial charge is 0.322 e. The van der Waals surface area contributed by atoms with Crippen LogP contribution in [-0.2, 0) is 14.4 Å². The zero-order valence-corrected chi connectivity index (χ0v) is 15.7. The molecule has 3 heterocycles. The van der Waals surface area contributed by atoms with Crippen LogP contribution in [-0.4, -0.2) is 52.9 Å². The molecule has 0 saturated carbocycles. The van der Waals surface area contributed by atoms with Crippen LogP contribution < -0.4 is 20.7 Å². The Kier molecular flexibility index (Phi) is 4.06. The van der Waals surface area contributed by atoms with Gasteiger partial charge in [-0.25, -0.2) is 4.79 Å². The molecule has 2 unspecified atom stereocenters. The maximum Gasteiger partial charge on any atom is 0.322 e. The van der Waals surface area contributed by atoms with E-state index in [1.54, 1.807) is 36.1 Å². The summed E-state index contributed by atoms with van der Waals surface area (Å²) in [6, 6.07) is 6.47. The van der Waals surface area contributed by atoms with E-state index in [0.29, 0.717) is 37.4 Å². The summed E-state index contributed by atoms with van der Waals surface area (Å²) < 4.78 is 5.80. The van der Waals surface area contributed by atoms with Crippen LogP contribution in [0.25, 0.3) is 0 Å². The Morgan fingerprint density at radius 3 is 2.39 bits per heavy atom. The zero-order valence-electron chi connectivity index (χ0n) is 15.7. The summed E-state index contributed by atoms with van der Waals surface area (Å²) in [5.74, 6) is -0.917. The minimum atomic E-state index is -1.65. The minimum Gasteiger partial charge on any atom is -0.466 e. The van der Waals surface area contributed by atoms with Gasteiger partial charge in [-0.15, -0.1) is 0 Å². The number of piperidine rings is 1. The number of nitrogens with zero attached hydrogens (tertiary/aromatic N) is 1. The van der Waals surface area contributed by atoms with E-state index in [9.17, 15) is 19.2 Å². The SMILES string of the molecule is CC1(C(=O)N2CCC(C3(C)NC(=O)NC3=O)CC2)Oc2ccccc2NC1=O. The predicted octanol–water partition coefficient (Wildman–Crippen LogP) is 0.613. The average Bonchev–Trinajstić information content (AvgIpc) is 2.95. The first-order valence-electron chi connectivity index (χ1n) is 9.26. The highest BCUT2D eigenvalue weighted by molar-refractivity contribution is 6.15. The lowest BCUT2D eigenvalue weighted by Crippen LogP contribution is -2.62. The molecule has 28 heavy (non-hydrogen) atoms. The molecule has 3 N–H and O–H groups in total. The van der Waals surface area contributed by atoms with Gasteiger partial charge in [0.25, 0.3) is 23.3 Å². The average molecular weight is 386 g/mol. The second-order valence-electron chi connectivity index (χ2n) is 7.76. The summed E-state index contributed by atoms with van der Waals surface area (Å²) in [6.07, 6.45) is 1.06. The van der Waals surface area contributed by atoms with Crippen molar-refractivity contribution in [2.45, 2.75) is 37.8 Å². The Labute approximate surface area is 161 Å². The number of para-hydroxylation sites is 2. The lowest BCUT2D eigenvalue weighted by molar-refractivity contribution is -0.155. The number of carbonyl (C=O) groups is 4. The van der Waals surface area contributed by atoms with E-state index < -0.39 is 29.0 Å². The number of nitrogens with one attached hydrogen (secondary N) is 3. The van der Waals surface area contributed by atoms with Crippen molar-refractivity contribution in [2.75, 3.05) is 18.4 Å². The second-order valence-corrected chi connectivity index (χ2v) is 7.76. The molecule has 3 aliphatic heterocycles. The summed E-state index contributed by atoms with van der Waals surface area (Å²) in [6.45, 7) is 3.91. The van der Waals surface area contributed by atoms with Crippen molar-refractivity contribution in [1.82, 2.24) is 15.5 Å². The van der Waals surface area contributed by atoms with E-state index in [4.69, 9.17) is 4.74 Å². The molecule has 2 atom stereocenters. The van der Waals surface area contributed by atoms with Crippen LogP contribution in [0.5, 0.6) is 5.75 Å². The fraction of sp³-hybridized carbons (Fsp3) is 0.474. The Morgan fingerprint density at radius 2 is 1.75 bits per heavy atom. The molecule has 9 nitrogen and oxygen atoms in total. The molecule has 4 rings (SSSR count). The molecule has 2 fully saturated rings. The number of hydrogen-bond donors (Lipinski definition) is 3. The van der Waals surface area contributed by atoms with E-state index in [1.807, 2.05) is 0 Å². The Morgan fingerprint density at radius 1 is 1.07 bits per heavy atom. The number of ether oxygens (including phenoxy) is 1. The Bertz CT molecular complexity index is 879. The van der Waals surface area contributed by atoms with Gasteiger partial charge in [0, 0.05) is 13.1 Å². The molecule has 0 radical (unpaired) electrons. The third-order valence-corrected chi connectivity index (χ3v) is 5.96. The number of hydrogen-bond acceptors (Lipinski definition) is 5. The molecule has 0 aliphatic carbocycles. The van der Waals surface area contributed by atoms with Gasteiger partial charge in [-0.05, 0) is 44.7 Å². The van der Waals surface area contributed by atoms with Crippen molar-refractivity contribution in [1.29, 1.82) is 0 Å². The molecule has 3 aliphatic rings. The van der Waals surface area contributed by atoms with E-state index in [0.717, 1.165) is 0 Å². The Hall–Kier alpha value is -3.10. The quantitative estimate of drug-likeness (QED) is 0.509. The summed E-state index contributed by atoms with van der Waals surface area (Å²) in [7, 11) is 0. The van der Waals surface area contributed by atoms with Gasteiger partial charge in [-0.1, -0.05) is 12.1 Å². The van der Waals surface area contributed by atoms with Crippen LogP contribution in [0.4, 0.5) is 10.5 Å². The summed E-state index contributed by atoms with van der Waals surface area (Å²) >= 11 is 0. The lowest BCUT2D eigenvalue weighted by atomic mass is 9.79. The number of amides is 5. The van der Waals surface area contributed by atoms with Crippen molar-refractivity contribution in [3.8, 4) is 5.75 Å². The molecular weight excluding hydrogens is 364 g/mol. The Balaban J connectivity index is 1.46. The van der Waals surface area contributed by atoms with Crippen molar-refractivity contribution >= 4 is 29.4 Å². The van der Waals surface area contributed by atoms with Crippen LogP contribution in [0.3, 0.4) is 0 Å². The fourth-order valence-corrected chi connectivity index (χ4v) is 4.11. The highest BCUT2D eigenvalue weighted by Crippen LogP contribution is 2.36. The molecule has 2 saturated heterocycles. The molecule has 1 aromatic carbocycles. The number of urea groups is 1. The third kappa shape index (κ3) is 2.69. The maximum atomic E-state index is 13.1. The number of benzene rings is 1. The van der Waals surface area contributed by atoms with Gasteiger partial charge in [-0.2, -0.15) is 0 Å². The number of anilines is 1. The van der Waals surface area contributed by atoms with Crippen LogP contribution >= 0.6 is 0 Å². The first kappa shape index (κ1) is 18.3. The lowest BCUT2D eigenvalue weighted by Gasteiger charge is -2.42. The van der Waals surface area contributed by atoms with Crippen molar-refractivity contribution in [3.63, 3.8) is 0 Å². The fourth-order valence-electron chi connectivity index (χ4n) is 4.11. The van der Waals surface area contributed by atoms with Gasteiger partial charge in [-0.3, -0.25) is 19.7 Å². The normalized spacial score (nSPS) is 30.1. The van der Waals surface area contributed by atoms with Crippen LogP contribution in [0.1, 0.15) is 26.7 Å². The van der Waals surface area contributed by atoms with Gasteiger partial charge < -0.3 is 20.3 Å². The van der Waals surface area contributed by atoms with Crippen molar-refractivity contribution < 1.29 is 23.9 Å². The minimum absolute atomic E-state index is 0.0994. The number of likely N-dealkylation sites (tertiary alicyclic amines) is 1. The van der Waals surface area contributed by atoms with Crippen molar-refractivity contribution in [3.05, 3.63) is 24.3 Å². The van der Waals surface area contributed by atoms with Crippen LogP contribution in [0.2, 0.25) is 0 Å². The predicted molar refractivity (Wildman–Crippen MR) is 98.5 cm³/mol. The number of imide groups is 1. The zero-order chi connectivity index (χ0) is 20.1. The molecule has 0 spiro atoms. The van der Waals surface area contributed by atoms with E-state index in [1.165, 1.54) is 6.92 Å². The number of carbonyl (C=O) groups excluding carboxylic acids is 4. The summed E-state index contributed by atoms with van der Waals surface area (Å²) in [4.78, 5) is 50.9. The molecule has 9 heteroatoms. The van der Waals surface area contributed by atoms with Gasteiger partial charge in [0.05, 0.1) is 5.69 Å². The first-order valence-corrected chi connectivity index (χ1v) is 9.26. The van der Waals surface area contributed by atoms with Crippen LogP contribution in [0.15, 0.2) is 24.3 Å². The second kappa shape index (κ2) is 6.22. The number of rotatable bonds is 2. The topological polar surface area (TPSA) is 117 Å². The standard InChI is InChI=1S/C19H22N4O5/c1-18(14(24)21-17(27)22-18)11-7-9-23(10-8-11)16(26)19(2)15(25)20-12-5-3-4-6-13(12)28-19/h3-6,11H,7-10H2,1-2H3,(H,20,25)(H2,21,22,24,27). The van der Waals surface area contributed by atoms with Gasteiger partial charge in [0.15, 0.2) is 0 Å². The molecule has 0 bridgehead atoms. The van der Waals surface area contributed by atoms with E-state index >= 15 is 0 Å². The monoisotopic (exact) mass is 386 g/mol. The van der Waals surface area contributed by atoms with E-state index in [-0.39, 0.29) is 11.8 Å². The number of fused-ring (bicyclic) bond motifs is 1.